The van der Waals surface area contributed by atoms with Gasteiger partial charge in [0.05, 0.1) is 6.04 Å². The van der Waals surface area contributed by atoms with Crippen molar-refractivity contribution >= 4 is 52.7 Å². The van der Waals surface area contributed by atoms with Crippen molar-refractivity contribution in [2.45, 2.75) is 80.9 Å². The number of piperidine rings is 1. The van der Waals surface area contributed by atoms with Gasteiger partial charge in [0.15, 0.2) is 0 Å². The van der Waals surface area contributed by atoms with Crippen LogP contribution in [0.25, 0.3) is 0 Å². The summed E-state index contributed by atoms with van der Waals surface area (Å²) in [4.78, 5) is 66.7. The third kappa shape index (κ3) is 6.18. The highest BCUT2D eigenvalue weighted by molar-refractivity contribution is 6.51. The third-order valence-electron chi connectivity index (χ3n) is 8.62. The predicted molar refractivity (Wildman–Crippen MR) is 153 cm³/mol. The van der Waals surface area contributed by atoms with Gasteiger partial charge < -0.3 is 26.6 Å². The molecular weight excluding hydrogens is 569 g/mol. The van der Waals surface area contributed by atoms with Gasteiger partial charge >= 0.3 is 6.03 Å². The van der Waals surface area contributed by atoms with Crippen LogP contribution in [0.1, 0.15) is 51.2 Å². The van der Waals surface area contributed by atoms with E-state index in [0.29, 0.717) is 19.3 Å². The molecule has 2 saturated carbocycles. The molecule has 5 N–H and O–H groups in total. The Morgan fingerprint density at radius 1 is 1.05 bits per heavy atom. The lowest BCUT2D eigenvalue weighted by Crippen LogP contribution is -2.61. The zero-order valence-corrected chi connectivity index (χ0v) is 24.9. The number of nitrogens with one attached hydrogen (secondary N) is 3. The lowest BCUT2D eigenvalue weighted by molar-refractivity contribution is -0.143. The van der Waals surface area contributed by atoms with Crippen molar-refractivity contribution in [1.29, 1.82) is 0 Å². The van der Waals surface area contributed by atoms with Crippen LogP contribution in [0.5, 0.6) is 0 Å². The van der Waals surface area contributed by atoms with Gasteiger partial charge in [-0.05, 0) is 63.0 Å². The topological polar surface area (TPSA) is 151 Å². The van der Waals surface area contributed by atoms with Crippen LogP contribution in [0, 0.1) is 23.7 Å². The highest BCUT2D eigenvalue weighted by Gasteiger charge is 2.74. The Kier molecular flexibility index (Phi) is 7.78. The molecule has 10 nitrogen and oxygen atoms in total. The normalized spacial score (nSPS) is 25.9. The average Bonchev–Trinajstić information content (AvgIpc) is 3.63. The van der Waals surface area contributed by atoms with E-state index < -0.39 is 63.5 Å². The molecule has 41 heavy (non-hydrogen) atoms. The van der Waals surface area contributed by atoms with Crippen LogP contribution in [0.2, 0.25) is 0 Å². The first-order valence-corrected chi connectivity index (χ1v) is 14.9. The van der Waals surface area contributed by atoms with Gasteiger partial charge in [0.1, 0.15) is 16.4 Å². The number of carbonyl (C=O) groups excluding carboxylic acids is 5. The van der Waals surface area contributed by atoms with Crippen LogP contribution < -0.4 is 21.7 Å². The first kappa shape index (κ1) is 29.6. The van der Waals surface area contributed by atoms with E-state index in [1.165, 1.54) is 4.90 Å². The molecule has 5 atom stereocenters. The van der Waals surface area contributed by atoms with Gasteiger partial charge in [-0.15, -0.1) is 23.2 Å². The van der Waals surface area contributed by atoms with E-state index in [9.17, 15) is 24.0 Å². The Hall–Kier alpha value is -2.85. The summed E-state index contributed by atoms with van der Waals surface area (Å²) in [5, 5.41) is 8.43. The van der Waals surface area contributed by atoms with Crippen molar-refractivity contribution in [3.8, 4) is 0 Å². The largest absolute Gasteiger partial charge is 0.363 e. The van der Waals surface area contributed by atoms with E-state index in [1.54, 1.807) is 0 Å². The maximum Gasteiger partial charge on any atom is 0.315 e. The third-order valence-corrected chi connectivity index (χ3v) is 9.69. The number of nitrogens with zero attached hydrogens (tertiary/aromatic N) is 1. The molecular formula is C29H37Cl2N5O5. The fourth-order valence-electron chi connectivity index (χ4n) is 6.39. The fourth-order valence-corrected chi connectivity index (χ4v) is 7.21. The average molecular weight is 607 g/mol. The van der Waals surface area contributed by atoms with Gasteiger partial charge in [0, 0.05) is 23.9 Å². The molecule has 1 saturated heterocycles. The maximum absolute atomic E-state index is 14.3. The summed E-state index contributed by atoms with van der Waals surface area (Å²) in [5.74, 6) is -3.93. The molecule has 1 heterocycles. The van der Waals surface area contributed by atoms with Crippen molar-refractivity contribution < 1.29 is 24.0 Å². The van der Waals surface area contributed by atoms with Crippen molar-refractivity contribution in [2.75, 3.05) is 6.54 Å². The summed E-state index contributed by atoms with van der Waals surface area (Å²) >= 11 is 13.0. The van der Waals surface area contributed by atoms with Gasteiger partial charge in [-0.25, -0.2) is 4.79 Å². The number of amides is 5. The molecule has 3 fully saturated rings. The van der Waals surface area contributed by atoms with Gasteiger partial charge in [-0.2, -0.15) is 0 Å². The van der Waals surface area contributed by atoms with Crippen LogP contribution in [0.15, 0.2) is 24.3 Å². The van der Waals surface area contributed by atoms with Crippen molar-refractivity contribution in [3.63, 3.8) is 0 Å². The van der Waals surface area contributed by atoms with Crippen LogP contribution in [0.3, 0.4) is 0 Å². The van der Waals surface area contributed by atoms with Gasteiger partial charge in [0.2, 0.25) is 17.6 Å². The lowest BCUT2D eigenvalue weighted by Gasteiger charge is -2.35. The summed E-state index contributed by atoms with van der Waals surface area (Å²) in [6.45, 7) is 5.66. The molecule has 1 aromatic rings. The minimum Gasteiger partial charge on any atom is -0.363 e. The second-order valence-corrected chi connectivity index (χ2v) is 14.4. The van der Waals surface area contributed by atoms with E-state index in [2.05, 4.69) is 16.0 Å². The summed E-state index contributed by atoms with van der Waals surface area (Å²) in [6.07, 6.45) is 3.28. The van der Waals surface area contributed by atoms with Gasteiger partial charge in [-0.1, -0.05) is 37.1 Å². The Morgan fingerprint density at radius 3 is 2.20 bits per heavy atom. The number of Topliss-reactive ketones (excluding diaryl/α,β-unsaturated/α-hetero) is 1. The van der Waals surface area contributed by atoms with Crippen LogP contribution in [0.4, 0.5) is 4.79 Å². The molecule has 4 aliphatic rings. The summed E-state index contributed by atoms with van der Waals surface area (Å²) in [7, 11) is 0. The van der Waals surface area contributed by atoms with E-state index in [1.807, 2.05) is 45.0 Å². The number of likely N-dealkylation sites (tertiary alicyclic amines) is 1. The molecule has 0 spiro atoms. The van der Waals surface area contributed by atoms with E-state index in [-0.39, 0.29) is 24.3 Å². The number of urea groups is 1. The standard InChI is InChI=1S/C29H37Cl2N5O5/c1-28(2,3)35-27(41)34-21(17-11-15-6-4-5-7-16(15)12-17)26(40)36-13-18-20(29(18,30)31)22(36)25(39)33-19(10-14-8-9-14)23(37)24(32)38/h4-7,14,17-22H,8-13H2,1-3H3,(H2,32,38)(H,33,39)(H2,34,35,41)/t18-,19?,20-,21-,22-/m0/s1. The van der Waals surface area contributed by atoms with Gasteiger partial charge in [0.25, 0.3) is 5.91 Å². The molecule has 0 bridgehead atoms. The Balaban J connectivity index is 1.39. The molecule has 1 unspecified atom stereocenters. The first-order valence-electron chi connectivity index (χ1n) is 14.1. The van der Waals surface area contributed by atoms with E-state index in [4.69, 9.17) is 28.9 Å². The zero-order valence-electron chi connectivity index (χ0n) is 23.4. The van der Waals surface area contributed by atoms with Crippen molar-refractivity contribution in [2.24, 2.45) is 29.4 Å². The number of fused-ring (bicyclic) bond motifs is 2. The monoisotopic (exact) mass is 605 g/mol. The molecule has 0 aromatic heterocycles. The van der Waals surface area contributed by atoms with Gasteiger partial charge in [-0.3, -0.25) is 19.2 Å². The second-order valence-electron chi connectivity index (χ2n) is 13.0. The Morgan fingerprint density at radius 2 is 1.66 bits per heavy atom. The SMILES string of the molecule is CC(C)(C)NC(=O)N[C@H](C(=O)N1C[C@H]2[C@@H]([C@H]1C(=O)NC(CC1CC1)C(=O)C(N)=O)C2(Cl)Cl)C1Cc2ccccc2C1. The maximum atomic E-state index is 14.3. The highest BCUT2D eigenvalue weighted by Crippen LogP contribution is 2.65. The summed E-state index contributed by atoms with van der Waals surface area (Å²) in [5.41, 5.74) is 6.95. The molecule has 5 amide bonds. The number of halogens is 2. The molecule has 1 aliphatic heterocycles. The van der Waals surface area contributed by atoms with Crippen molar-refractivity contribution in [3.05, 3.63) is 35.4 Å². The first-order chi connectivity index (χ1) is 19.2. The highest BCUT2D eigenvalue weighted by atomic mass is 35.5. The number of ketones is 1. The Labute approximate surface area is 249 Å². The summed E-state index contributed by atoms with van der Waals surface area (Å²) < 4.78 is -1.20. The minimum atomic E-state index is -1.20. The van der Waals surface area contributed by atoms with Crippen LogP contribution in [-0.4, -0.2) is 69.0 Å². The quantitative estimate of drug-likeness (QED) is 0.250. The molecule has 222 valence electrons. The number of primary amides is 1. The number of carbonyl (C=O) groups is 5. The zero-order chi connectivity index (χ0) is 29.9. The van der Waals surface area contributed by atoms with Crippen LogP contribution >= 0.6 is 23.2 Å². The lowest BCUT2D eigenvalue weighted by atomic mass is 9.94. The smallest absolute Gasteiger partial charge is 0.315 e. The predicted octanol–water partition coefficient (Wildman–Crippen LogP) is 1.84. The van der Waals surface area contributed by atoms with E-state index in [0.717, 1.165) is 24.0 Å². The fraction of sp³-hybridized carbons (Fsp3) is 0.621. The number of hydrogen-bond acceptors (Lipinski definition) is 5. The number of alkyl halides is 2. The van der Waals surface area contributed by atoms with E-state index >= 15 is 0 Å². The summed E-state index contributed by atoms with van der Waals surface area (Å²) in [6, 6.07) is 4.35. The molecule has 3 aliphatic carbocycles. The molecule has 0 radical (unpaired) electrons. The molecule has 5 rings (SSSR count). The minimum absolute atomic E-state index is 0.129. The number of benzene rings is 1. The number of rotatable bonds is 9. The molecule has 1 aromatic carbocycles. The second kappa shape index (κ2) is 10.8. The number of hydrogen-bond donors (Lipinski definition) is 4. The number of nitrogens with two attached hydrogens (primary N) is 1. The van der Waals surface area contributed by atoms with Crippen molar-refractivity contribution in [1.82, 2.24) is 20.9 Å². The van der Waals surface area contributed by atoms with Crippen LogP contribution in [-0.2, 0) is 32.0 Å². The molecule has 12 heteroatoms. The Bertz CT molecular complexity index is 1250.